The first-order valence-electron chi connectivity index (χ1n) is 12.1. The number of piperidine rings is 1. The molecule has 1 aliphatic carbocycles. The van der Waals surface area contributed by atoms with Crippen LogP contribution in [0.5, 0.6) is 0 Å². The third-order valence-corrected chi connectivity index (χ3v) is 7.30. The molecule has 1 saturated heterocycles. The molecule has 2 aromatic carbocycles. The lowest BCUT2D eigenvalue weighted by molar-refractivity contribution is -0.136. The lowest BCUT2D eigenvalue weighted by Crippen LogP contribution is -2.46. The molecule has 0 aromatic heterocycles. The molecule has 1 heterocycles. The normalized spacial score (nSPS) is 20.9. The van der Waals surface area contributed by atoms with Crippen molar-refractivity contribution in [2.45, 2.75) is 76.7 Å². The third kappa shape index (κ3) is 5.26. The van der Waals surface area contributed by atoms with Gasteiger partial charge in [0, 0.05) is 23.7 Å². The largest absolute Gasteiger partial charge is 0.339 e. The zero-order chi connectivity index (χ0) is 21.6. The van der Waals surface area contributed by atoms with Crippen LogP contribution in [0.15, 0.2) is 54.6 Å². The van der Waals surface area contributed by atoms with Crippen molar-refractivity contribution in [2.75, 3.05) is 6.54 Å². The van der Waals surface area contributed by atoms with Crippen LogP contribution in [0.4, 0.5) is 0 Å². The van der Waals surface area contributed by atoms with Crippen molar-refractivity contribution in [3.63, 3.8) is 0 Å². The van der Waals surface area contributed by atoms with Gasteiger partial charge in [-0.25, -0.2) is 0 Å². The molecule has 2 atom stereocenters. The van der Waals surface area contributed by atoms with E-state index in [9.17, 15) is 9.59 Å². The Hall–Kier alpha value is -2.42. The summed E-state index contributed by atoms with van der Waals surface area (Å²) >= 11 is 0. The number of ketones is 1. The predicted octanol–water partition coefficient (Wildman–Crippen LogP) is 6.37. The van der Waals surface area contributed by atoms with Crippen LogP contribution in [0.2, 0.25) is 0 Å². The van der Waals surface area contributed by atoms with E-state index in [0.717, 1.165) is 30.9 Å². The van der Waals surface area contributed by atoms with Gasteiger partial charge in [0.1, 0.15) is 0 Å². The molecular weight excluding hydrogens is 382 g/mol. The zero-order valence-electron chi connectivity index (χ0n) is 18.8. The summed E-state index contributed by atoms with van der Waals surface area (Å²) < 4.78 is 0. The Balaban J connectivity index is 1.48. The van der Waals surface area contributed by atoms with E-state index in [1.165, 1.54) is 44.9 Å². The molecule has 4 rings (SSSR count). The first-order chi connectivity index (χ1) is 15.1. The number of amides is 1. The molecule has 2 fully saturated rings. The standard InChI is InChI=1S/C28H35NO2/c1-21(24-15-10-16-25(20-24)27(30)23-13-6-3-7-14-23)28(31)29-18-9-8-17-26(29)19-22-11-4-2-5-12-22/h3,6-7,10,13-16,20-22,26H,2,4-5,8-9,11-12,17-19H2,1H3. The summed E-state index contributed by atoms with van der Waals surface area (Å²) in [4.78, 5) is 28.6. The van der Waals surface area contributed by atoms with E-state index in [1.807, 2.05) is 61.5 Å². The first-order valence-corrected chi connectivity index (χ1v) is 12.1. The Morgan fingerprint density at radius 2 is 1.58 bits per heavy atom. The molecule has 0 spiro atoms. The molecule has 31 heavy (non-hydrogen) atoms. The summed E-state index contributed by atoms with van der Waals surface area (Å²) in [6, 6.07) is 17.4. The van der Waals surface area contributed by atoms with Gasteiger partial charge in [0.05, 0.1) is 5.92 Å². The van der Waals surface area contributed by atoms with Gasteiger partial charge in [-0.15, -0.1) is 0 Å². The fraction of sp³-hybridized carbons (Fsp3) is 0.500. The Bertz CT molecular complexity index is 885. The third-order valence-electron chi connectivity index (χ3n) is 7.30. The molecule has 3 nitrogen and oxygen atoms in total. The topological polar surface area (TPSA) is 37.4 Å². The summed E-state index contributed by atoms with van der Waals surface area (Å²) in [5.41, 5.74) is 2.27. The van der Waals surface area contributed by atoms with E-state index < -0.39 is 0 Å². The van der Waals surface area contributed by atoms with Gasteiger partial charge in [-0.3, -0.25) is 9.59 Å². The lowest BCUT2D eigenvalue weighted by atomic mass is 9.82. The van der Waals surface area contributed by atoms with E-state index in [2.05, 4.69) is 4.90 Å². The van der Waals surface area contributed by atoms with E-state index in [0.29, 0.717) is 17.2 Å². The molecule has 164 valence electrons. The van der Waals surface area contributed by atoms with Crippen LogP contribution >= 0.6 is 0 Å². The van der Waals surface area contributed by atoms with Crippen molar-refractivity contribution in [2.24, 2.45) is 5.92 Å². The van der Waals surface area contributed by atoms with E-state index in [1.54, 1.807) is 0 Å². The maximum Gasteiger partial charge on any atom is 0.230 e. The van der Waals surface area contributed by atoms with Crippen LogP contribution in [0.1, 0.15) is 92.1 Å². The van der Waals surface area contributed by atoms with Crippen LogP contribution < -0.4 is 0 Å². The smallest absolute Gasteiger partial charge is 0.230 e. The van der Waals surface area contributed by atoms with Crippen molar-refractivity contribution in [1.82, 2.24) is 4.90 Å². The second-order valence-corrected chi connectivity index (χ2v) is 9.46. The maximum absolute atomic E-state index is 13.5. The highest BCUT2D eigenvalue weighted by Gasteiger charge is 2.32. The number of likely N-dealkylation sites (tertiary alicyclic amines) is 1. The number of carbonyl (C=O) groups is 2. The summed E-state index contributed by atoms with van der Waals surface area (Å²) in [6.07, 6.45) is 11.4. The number of benzene rings is 2. The minimum absolute atomic E-state index is 0.00949. The van der Waals surface area contributed by atoms with Crippen molar-refractivity contribution >= 4 is 11.7 Å². The average molecular weight is 418 g/mol. The number of carbonyl (C=O) groups excluding carboxylic acids is 2. The molecule has 2 aliphatic rings. The van der Waals surface area contributed by atoms with Crippen molar-refractivity contribution in [3.05, 3.63) is 71.3 Å². The average Bonchev–Trinajstić information content (AvgIpc) is 2.84. The number of hydrogen-bond donors (Lipinski definition) is 0. The van der Waals surface area contributed by atoms with Gasteiger partial charge >= 0.3 is 0 Å². The van der Waals surface area contributed by atoms with Gasteiger partial charge in [-0.2, -0.15) is 0 Å². The van der Waals surface area contributed by atoms with Crippen LogP contribution in [-0.4, -0.2) is 29.2 Å². The molecule has 1 saturated carbocycles. The second kappa shape index (κ2) is 10.3. The molecule has 2 aromatic rings. The monoisotopic (exact) mass is 417 g/mol. The van der Waals surface area contributed by atoms with Crippen LogP contribution in [0.25, 0.3) is 0 Å². The molecule has 1 amide bonds. The van der Waals surface area contributed by atoms with Gasteiger partial charge < -0.3 is 4.90 Å². The molecule has 2 unspecified atom stereocenters. The number of nitrogens with zero attached hydrogens (tertiary/aromatic N) is 1. The van der Waals surface area contributed by atoms with Gasteiger partial charge in [-0.05, 0) is 50.2 Å². The van der Waals surface area contributed by atoms with Gasteiger partial charge in [0.15, 0.2) is 5.78 Å². The fourth-order valence-electron chi connectivity index (χ4n) is 5.44. The van der Waals surface area contributed by atoms with Crippen LogP contribution in [0.3, 0.4) is 0 Å². The van der Waals surface area contributed by atoms with E-state index in [-0.39, 0.29) is 17.6 Å². The zero-order valence-corrected chi connectivity index (χ0v) is 18.8. The van der Waals surface area contributed by atoms with Gasteiger partial charge in [0.2, 0.25) is 5.91 Å². The highest BCUT2D eigenvalue weighted by Crippen LogP contribution is 2.33. The summed E-state index contributed by atoms with van der Waals surface area (Å²) in [6.45, 7) is 2.88. The van der Waals surface area contributed by atoms with E-state index >= 15 is 0 Å². The molecule has 1 aliphatic heterocycles. The minimum atomic E-state index is -0.226. The predicted molar refractivity (Wildman–Crippen MR) is 125 cm³/mol. The quantitative estimate of drug-likeness (QED) is 0.512. The molecule has 3 heteroatoms. The Morgan fingerprint density at radius 1 is 0.871 bits per heavy atom. The second-order valence-electron chi connectivity index (χ2n) is 9.46. The van der Waals surface area contributed by atoms with Gasteiger partial charge in [-0.1, -0.05) is 80.6 Å². The van der Waals surface area contributed by atoms with Crippen molar-refractivity contribution in [3.8, 4) is 0 Å². The maximum atomic E-state index is 13.5. The Labute approximate surface area is 186 Å². The van der Waals surface area contributed by atoms with Crippen LogP contribution in [-0.2, 0) is 4.79 Å². The lowest BCUT2D eigenvalue weighted by Gasteiger charge is -2.39. The van der Waals surface area contributed by atoms with E-state index in [4.69, 9.17) is 0 Å². The summed E-state index contributed by atoms with van der Waals surface area (Å²) in [7, 11) is 0. The number of rotatable bonds is 6. The summed E-state index contributed by atoms with van der Waals surface area (Å²) in [5, 5.41) is 0. The minimum Gasteiger partial charge on any atom is -0.339 e. The van der Waals surface area contributed by atoms with Crippen molar-refractivity contribution in [1.29, 1.82) is 0 Å². The Morgan fingerprint density at radius 3 is 2.35 bits per heavy atom. The van der Waals surface area contributed by atoms with Crippen molar-refractivity contribution < 1.29 is 9.59 Å². The molecule has 0 radical (unpaired) electrons. The molecule has 0 bridgehead atoms. The Kier molecular flexibility index (Phi) is 7.21. The SMILES string of the molecule is CC(C(=O)N1CCCCC1CC1CCCCC1)c1cccc(C(=O)c2ccccc2)c1. The highest BCUT2D eigenvalue weighted by atomic mass is 16.2. The fourth-order valence-corrected chi connectivity index (χ4v) is 5.44. The summed E-state index contributed by atoms with van der Waals surface area (Å²) in [5.74, 6) is 0.796. The van der Waals surface area contributed by atoms with Crippen LogP contribution in [0, 0.1) is 5.92 Å². The van der Waals surface area contributed by atoms with Gasteiger partial charge in [0.25, 0.3) is 0 Å². The highest BCUT2D eigenvalue weighted by molar-refractivity contribution is 6.09. The number of hydrogen-bond acceptors (Lipinski definition) is 2. The first kappa shape index (κ1) is 21.8. The molecular formula is C28H35NO2. The molecule has 0 N–H and O–H groups in total.